The van der Waals surface area contributed by atoms with E-state index >= 15 is 0 Å². The van der Waals surface area contributed by atoms with Crippen molar-refractivity contribution in [3.63, 3.8) is 0 Å². The third-order valence-corrected chi connectivity index (χ3v) is 6.93. The van der Waals surface area contributed by atoms with Gasteiger partial charge >= 0.3 is 0 Å². The number of carbonyl (C=O) groups excluding carboxylic acids is 2. The van der Waals surface area contributed by atoms with E-state index in [9.17, 15) is 9.59 Å². The molecule has 2 unspecified atom stereocenters. The molecule has 4 rings (SSSR count). The number of fused-ring (bicyclic) bond motifs is 1. The molecule has 0 radical (unpaired) electrons. The van der Waals surface area contributed by atoms with Crippen molar-refractivity contribution in [2.75, 3.05) is 29.9 Å². The summed E-state index contributed by atoms with van der Waals surface area (Å²) in [6, 6.07) is 8.37. The van der Waals surface area contributed by atoms with Crippen LogP contribution in [-0.2, 0) is 16.0 Å². The van der Waals surface area contributed by atoms with Crippen LogP contribution < -0.4 is 10.2 Å². The largest absolute Gasteiger partial charge is 0.309 e. The van der Waals surface area contributed by atoms with Gasteiger partial charge in [-0.1, -0.05) is 18.2 Å². The molecule has 0 aliphatic carbocycles. The van der Waals surface area contributed by atoms with Gasteiger partial charge in [-0.05, 0) is 58.2 Å². The third-order valence-electron chi connectivity index (χ3n) is 5.94. The van der Waals surface area contributed by atoms with Crippen molar-refractivity contribution >= 4 is 34.0 Å². The summed E-state index contributed by atoms with van der Waals surface area (Å²) in [5.41, 5.74) is 3.25. The van der Waals surface area contributed by atoms with Crippen LogP contribution >= 0.6 is 11.3 Å². The van der Waals surface area contributed by atoms with Gasteiger partial charge in [-0.15, -0.1) is 11.3 Å². The Bertz CT molecular complexity index is 906. The van der Waals surface area contributed by atoms with Crippen LogP contribution in [0, 0.1) is 19.8 Å². The van der Waals surface area contributed by atoms with Crippen LogP contribution in [0.5, 0.6) is 0 Å². The number of rotatable bonds is 4. The number of nitrogens with one attached hydrogen (secondary N) is 1. The lowest BCUT2D eigenvalue weighted by atomic mass is 9.96. The molecule has 1 N–H and O–H groups in total. The molecular formula is C22H28N4O2S. The van der Waals surface area contributed by atoms with E-state index in [2.05, 4.69) is 28.2 Å². The fourth-order valence-electron chi connectivity index (χ4n) is 4.39. The SMILES string of the molecule is Cc1nc(NC(=O)CN2CCCC(C(=O)N3c4ccccc4CC3C)C2)sc1C. The number of hydrogen-bond acceptors (Lipinski definition) is 5. The Morgan fingerprint density at radius 1 is 1.28 bits per heavy atom. The minimum atomic E-state index is -0.0632. The molecule has 0 saturated carbocycles. The van der Waals surface area contributed by atoms with Crippen LogP contribution in [0.2, 0.25) is 0 Å². The average molecular weight is 413 g/mol. The standard InChI is InChI=1S/C22H28N4O2S/c1-14-11-17-7-4-5-9-19(17)26(14)21(28)18-8-6-10-25(12-18)13-20(27)24-22-23-15(2)16(3)29-22/h4-5,7,9,14,18H,6,8,10-13H2,1-3H3,(H,23,24,27). The van der Waals surface area contributed by atoms with Crippen molar-refractivity contribution in [3.05, 3.63) is 40.4 Å². The smallest absolute Gasteiger partial charge is 0.240 e. The number of likely N-dealkylation sites (tertiary alicyclic amines) is 1. The van der Waals surface area contributed by atoms with Gasteiger partial charge in [-0.2, -0.15) is 0 Å². The molecule has 2 aromatic rings. The molecule has 154 valence electrons. The molecule has 29 heavy (non-hydrogen) atoms. The number of aryl methyl sites for hydroxylation is 2. The molecular weight excluding hydrogens is 384 g/mol. The Labute approximate surface area is 175 Å². The van der Waals surface area contributed by atoms with Gasteiger partial charge in [0.1, 0.15) is 0 Å². The fourth-order valence-corrected chi connectivity index (χ4v) is 5.22. The summed E-state index contributed by atoms with van der Waals surface area (Å²) in [5.74, 6) is 0.0694. The monoisotopic (exact) mass is 412 g/mol. The lowest BCUT2D eigenvalue weighted by Gasteiger charge is -2.34. The zero-order valence-corrected chi connectivity index (χ0v) is 18.1. The molecule has 0 bridgehead atoms. The highest BCUT2D eigenvalue weighted by atomic mass is 32.1. The maximum Gasteiger partial charge on any atom is 0.240 e. The molecule has 1 aromatic carbocycles. The van der Waals surface area contributed by atoms with E-state index in [0.29, 0.717) is 18.2 Å². The molecule has 7 heteroatoms. The summed E-state index contributed by atoms with van der Waals surface area (Å²) >= 11 is 1.50. The van der Waals surface area contributed by atoms with E-state index < -0.39 is 0 Å². The van der Waals surface area contributed by atoms with Crippen LogP contribution in [-0.4, -0.2) is 47.4 Å². The summed E-state index contributed by atoms with van der Waals surface area (Å²) in [6.07, 6.45) is 2.73. The summed E-state index contributed by atoms with van der Waals surface area (Å²) in [6.45, 7) is 7.84. The molecule has 1 saturated heterocycles. The highest BCUT2D eigenvalue weighted by molar-refractivity contribution is 7.15. The minimum Gasteiger partial charge on any atom is -0.309 e. The molecule has 0 spiro atoms. The van der Waals surface area contributed by atoms with Crippen molar-refractivity contribution in [1.29, 1.82) is 0 Å². The molecule has 6 nitrogen and oxygen atoms in total. The molecule has 3 heterocycles. The highest BCUT2D eigenvalue weighted by Gasteiger charge is 2.36. The highest BCUT2D eigenvalue weighted by Crippen LogP contribution is 2.34. The summed E-state index contributed by atoms with van der Waals surface area (Å²) in [4.78, 5) is 35.4. The van der Waals surface area contributed by atoms with Gasteiger partial charge in [0.15, 0.2) is 5.13 Å². The molecule has 2 aliphatic heterocycles. The van der Waals surface area contributed by atoms with Gasteiger partial charge in [0.2, 0.25) is 11.8 Å². The van der Waals surface area contributed by atoms with E-state index in [1.54, 1.807) is 0 Å². The van der Waals surface area contributed by atoms with E-state index in [4.69, 9.17) is 0 Å². The van der Waals surface area contributed by atoms with Crippen LogP contribution in [0.3, 0.4) is 0 Å². The second-order valence-electron chi connectivity index (χ2n) is 8.17. The van der Waals surface area contributed by atoms with E-state index in [1.165, 1.54) is 16.9 Å². The number of carbonyl (C=O) groups is 2. The summed E-state index contributed by atoms with van der Waals surface area (Å²) < 4.78 is 0. The number of thiazole rings is 1. The number of para-hydroxylation sites is 1. The van der Waals surface area contributed by atoms with Crippen molar-refractivity contribution < 1.29 is 9.59 Å². The van der Waals surface area contributed by atoms with Gasteiger partial charge in [0, 0.05) is 23.2 Å². The van der Waals surface area contributed by atoms with E-state index in [1.807, 2.05) is 36.9 Å². The number of hydrogen-bond donors (Lipinski definition) is 1. The zero-order chi connectivity index (χ0) is 20.5. The predicted octanol–water partition coefficient (Wildman–Crippen LogP) is 3.39. The number of nitrogens with zero attached hydrogens (tertiary/aromatic N) is 3. The second kappa shape index (κ2) is 8.24. The third kappa shape index (κ3) is 4.21. The first-order valence-electron chi connectivity index (χ1n) is 10.3. The zero-order valence-electron chi connectivity index (χ0n) is 17.3. The Morgan fingerprint density at radius 3 is 2.83 bits per heavy atom. The van der Waals surface area contributed by atoms with Gasteiger partial charge in [-0.25, -0.2) is 4.98 Å². The number of anilines is 2. The van der Waals surface area contributed by atoms with Crippen LogP contribution in [0.1, 0.15) is 35.9 Å². The van der Waals surface area contributed by atoms with Crippen molar-refractivity contribution in [3.8, 4) is 0 Å². The fraction of sp³-hybridized carbons (Fsp3) is 0.500. The second-order valence-corrected chi connectivity index (χ2v) is 9.38. The quantitative estimate of drug-likeness (QED) is 0.836. The van der Waals surface area contributed by atoms with Crippen LogP contribution in [0.15, 0.2) is 24.3 Å². The first-order chi connectivity index (χ1) is 13.9. The summed E-state index contributed by atoms with van der Waals surface area (Å²) in [5, 5.41) is 3.55. The number of aromatic nitrogens is 1. The molecule has 2 amide bonds. The first kappa shape index (κ1) is 20.0. The van der Waals surface area contributed by atoms with Crippen molar-refractivity contribution in [2.45, 2.75) is 46.1 Å². The molecule has 2 aliphatic rings. The van der Waals surface area contributed by atoms with Gasteiger partial charge < -0.3 is 10.2 Å². The summed E-state index contributed by atoms with van der Waals surface area (Å²) in [7, 11) is 0. The van der Waals surface area contributed by atoms with Crippen LogP contribution in [0.4, 0.5) is 10.8 Å². The Balaban J connectivity index is 1.38. The van der Waals surface area contributed by atoms with E-state index in [-0.39, 0.29) is 23.8 Å². The first-order valence-corrected chi connectivity index (χ1v) is 11.1. The Morgan fingerprint density at radius 2 is 2.07 bits per heavy atom. The lowest BCUT2D eigenvalue weighted by molar-refractivity contribution is -0.125. The number of benzene rings is 1. The molecule has 2 atom stereocenters. The topological polar surface area (TPSA) is 65.5 Å². The normalized spacial score (nSPS) is 21.8. The number of piperidine rings is 1. The maximum atomic E-state index is 13.3. The van der Waals surface area contributed by atoms with Gasteiger partial charge in [-0.3, -0.25) is 14.5 Å². The van der Waals surface area contributed by atoms with Gasteiger partial charge in [0.05, 0.1) is 18.2 Å². The minimum absolute atomic E-state index is 0.0606. The van der Waals surface area contributed by atoms with Crippen molar-refractivity contribution in [2.24, 2.45) is 5.92 Å². The Kier molecular flexibility index (Phi) is 5.69. The van der Waals surface area contributed by atoms with E-state index in [0.717, 1.165) is 42.1 Å². The lowest BCUT2D eigenvalue weighted by Crippen LogP contribution is -2.48. The number of amides is 2. The molecule has 1 fully saturated rings. The average Bonchev–Trinajstić information content (AvgIpc) is 3.18. The van der Waals surface area contributed by atoms with Crippen molar-refractivity contribution in [1.82, 2.24) is 9.88 Å². The maximum absolute atomic E-state index is 13.3. The predicted molar refractivity (Wildman–Crippen MR) is 116 cm³/mol. The Hall–Kier alpha value is -2.25. The van der Waals surface area contributed by atoms with Crippen LogP contribution in [0.25, 0.3) is 0 Å². The molecule has 1 aromatic heterocycles. The van der Waals surface area contributed by atoms with Gasteiger partial charge in [0.25, 0.3) is 0 Å².